The Balaban J connectivity index is 3.95. The average molecular weight is 1170 g/mol. The fourth-order valence-electron chi connectivity index (χ4n) is 9.40. The van der Waals surface area contributed by atoms with Crippen molar-refractivity contribution in [2.75, 3.05) is 80.8 Å². The van der Waals surface area contributed by atoms with Crippen LogP contribution in [0.25, 0.3) is 0 Å². The summed E-state index contributed by atoms with van der Waals surface area (Å²) < 4.78 is 33.8. The summed E-state index contributed by atoms with van der Waals surface area (Å²) in [4.78, 5) is 73.6. The van der Waals surface area contributed by atoms with Gasteiger partial charge in [-0.25, -0.2) is 9.59 Å². The van der Waals surface area contributed by atoms with Crippen LogP contribution in [0.5, 0.6) is 0 Å². The third kappa shape index (κ3) is 49.6. The summed E-state index contributed by atoms with van der Waals surface area (Å²) >= 11 is 0. The van der Waals surface area contributed by atoms with Crippen LogP contribution >= 0.6 is 0 Å². The monoisotopic (exact) mass is 1170 g/mol. The average Bonchev–Trinajstić information content (AvgIpc) is 3.44. The van der Waals surface area contributed by atoms with Crippen molar-refractivity contribution in [1.82, 2.24) is 0 Å². The molecule has 0 radical (unpaired) electrons. The Bertz CT molecular complexity index is 1560. The highest BCUT2D eigenvalue weighted by molar-refractivity contribution is 5.72. The van der Waals surface area contributed by atoms with Crippen molar-refractivity contribution in [2.24, 2.45) is 0 Å². The molecule has 0 saturated carbocycles. The second kappa shape index (κ2) is 52.7. The Labute approximate surface area is 498 Å². The van der Waals surface area contributed by atoms with E-state index in [2.05, 4.69) is 26.0 Å². The van der Waals surface area contributed by atoms with Crippen molar-refractivity contribution in [2.45, 2.75) is 283 Å². The lowest BCUT2D eigenvalue weighted by atomic mass is 10.0. The van der Waals surface area contributed by atoms with Gasteiger partial charge < -0.3 is 47.6 Å². The van der Waals surface area contributed by atoms with Gasteiger partial charge in [0.1, 0.15) is 38.5 Å². The van der Waals surface area contributed by atoms with Crippen molar-refractivity contribution < 1.29 is 76.4 Å². The van der Waals surface area contributed by atoms with Gasteiger partial charge in [-0.05, 0) is 103 Å². The molecule has 0 aliphatic rings. The molecule has 82 heavy (non-hydrogen) atoms. The van der Waals surface area contributed by atoms with E-state index in [-0.39, 0.29) is 62.1 Å². The molecule has 0 aromatic rings. The maximum Gasteiger partial charge on any atom is 0.362 e. The van der Waals surface area contributed by atoms with Crippen molar-refractivity contribution in [3.05, 3.63) is 24.3 Å². The minimum absolute atomic E-state index is 0.107. The molecule has 2 N–H and O–H groups in total. The summed E-state index contributed by atoms with van der Waals surface area (Å²) in [5.74, 6) is -1.38. The fourth-order valence-corrected chi connectivity index (χ4v) is 9.40. The highest BCUT2D eigenvalue weighted by Gasteiger charge is 2.29. The third-order valence-corrected chi connectivity index (χ3v) is 14.7. The Hall–Kier alpha value is -3.86. The molecule has 0 aromatic heterocycles. The number of rotatable bonds is 57. The Kier molecular flexibility index (Phi) is 50.2. The van der Waals surface area contributed by atoms with E-state index in [4.69, 9.17) is 28.4 Å². The molecule has 0 saturated heterocycles. The number of unbranched alkanes of at least 4 members (excludes halogenated alkanes) is 21. The number of allylic oxidation sites excluding steroid dienone is 2. The number of nitrogens with zero attached hydrogens (tertiary/aromatic N) is 2. The normalized spacial score (nSPS) is 13.4. The summed E-state index contributed by atoms with van der Waals surface area (Å²) in [7, 11) is 7.61. The first-order valence-corrected chi connectivity index (χ1v) is 32.7. The molecule has 4 atom stereocenters. The molecular weight excluding hydrogens is 1040 g/mol. The van der Waals surface area contributed by atoms with Crippen LogP contribution in [0, 0.1) is 0 Å². The lowest BCUT2D eigenvalue weighted by Gasteiger charge is -2.30. The number of hydrogen-bond acceptors (Lipinski definition) is 14. The number of esters is 6. The summed E-state index contributed by atoms with van der Waals surface area (Å²) in [5, 5.41) is 21.9. The van der Waals surface area contributed by atoms with Crippen LogP contribution in [-0.2, 0) is 57.2 Å². The minimum atomic E-state index is -0.767. The molecule has 0 fully saturated rings. The minimum Gasteiger partial charge on any atom is -0.466 e. The largest absolute Gasteiger partial charge is 0.466 e. The quantitative estimate of drug-likeness (QED) is 0.0192. The van der Waals surface area contributed by atoms with Gasteiger partial charge in [0.2, 0.25) is 0 Å². The summed E-state index contributed by atoms with van der Waals surface area (Å²) in [5.41, 5.74) is 0. The van der Waals surface area contributed by atoms with Crippen LogP contribution < -0.4 is 0 Å². The Morgan fingerprint density at radius 3 is 1.02 bits per heavy atom. The van der Waals surface area contributed by atoms with Crippen molar-refractivity contribution in [3.63, 3.8) is 0 Å². The van der Waals surface area contributed by atoms with E-state index in [0.29, 0.717) is 86.6 Å². The van der Waals surface area contributed by atoms with E-state index < -0.39 is 24.4 Å². The second-order valence-electron chi connectivity index (χ2n) is 24.1. The number of carbonyl (C=O) groups excluding carboxylic acids is 6. The number of aliphatic hydroxyl groups excluding tert-OH is 2. The molecule has 0 aromatic carbocycles. The van der Waals surface area contributed by atoms with Gasteiger partial charge in [-0.15, -0.1) is 0 Å². The molecule has 0 aliphatic carbocycles. The third-order valence-electron chi connectivity index (χ3n) is 14.7. The topological polar surface area (TPSA) is 198 Å². The second-order valence-corrected chi connectivity index (χ2v) is 24.1. The van der Waals surface area contributed by atoms with Gasteiger partial charge in [-0.2, -0.15) is 0 Å². The predicted molar refractivity (Wildman–Crippen MR) is 326 cm³/mol. The fraction of sp³-hybridized carbons (Fsp3) is 0.848. The van der Waals surface area contributed by atoms with Gasteiger partial charge in [-0.1, -0.05) is 155 Å². The molecular formula is C66H122N2O14+2. The molecule has 0 spiro atoms. The number of hydrogen-bond donors (Lipinski definition) is 2. The molecule has 4 unspecified atom stereocenters. The maximum atomic E-state index is 12.9. The highest BCUT2D eigenvalue weighted by Crippen LogP contribution is 2.19. The number of ether oxygens (including phenoxy) is 6. The first kappa shape index (κ1) is 78.1. The van der Waals surface area contributed by atoms with Crippen LogP contribution in [0.1, 0.15) is 259 Å². The SMILES string of the molecule is CCCCCC(OC(=O)C[N+](C)(C)CCOC(=O)CCC)C(O)CC=CCCCCCCCC(=O)OCCCCCCCCCCOC(=O)CCCCCCCC=CCC(O)C(CCCCC)OC(=O)C[N+](C)(C)CCOC(=O)CCC. The van der Waals surface area contributed by atoms with E-state index in [1.165, 1.54) is 0 Å². The van der Waals surface area contributed by atoms with E-state index in [9.17, 15) is 39.0 Å². The summed E-state index contributed by atoms with van der Waals surface area (Å²) in [6, 6.07) is 0. The molecule has 0 rings (SSSR count). The number of aliphatic hydroxyl groups is 2. The lowest BCUT2D eigenvalue weighted by molar-refractivity contribution is -0.883. The van der Waals surface area contributed by atoms with Gasteiger partial charge in [0, 0.05) is 25.7 Å². The van der Waals surface area contributed by atoms with E-state index in [1.807, 2.05) is 54.2 Å². The van der Waals surface area contributed by atoms with Crippen LogP contribution in [0.15, 0.2) is 24.3 Å². The zero-order valence-electron chi connectivity index (χ0n) is 53.4. The van der Waals surface area contributed by atoms with E-state index >= 15 is 0 Å². The highest BCUT2D eigenvalue weighted by atomic mass is 16.6. The van der Waals surface area contributed by atoms with E-state index in [1.54, 1.807) is 0 Å². The molecule has 16 heteroatoms. The van der Waals surface area contributed by atoms with E-state index in [0.717, 1.165) is 180 Å². The first-order chi connectivity index (χ1) is 39.4. The number of quaternary nitrogens is 2. The van der Waals surface area contributed by atoms with Gasteiger partial charge in [-0.3, -0.25) is 19.2 Å². The molecule has 0 heterocycles. The van der Waals surface area contributed by atoms with Crippen molar-refractivity contribution in [1.29, 1.82) is 0 Å². The Morgan fingerprint density at radius 2 is 0.671 bits per heavy atom. The maximum absolute atomic E-state index is 12.9. The Morgan fingerprint density at radius 1 is 0.354 bits per heavy atom. The summed E-state index contributed by atoms with van der Waals surface area (Å²) in [6.45, 7) is 10.8. The van der Waals surface area contributed by atoms with Crippen LogP contribution in [-0.4, -0.2) is 160 Å². The smallest absolute Gasteiger partial charge is 0.362 e. The van der Waals surface area contributed by atoms with Crippen LogP contribution in [0.3, 0.4) is 0 Å². The van der Waals surface area contributed by atoms with Crippen molar-refractivity contribution in [3.8, 4) is 0 Å². The van der Waals surface area contributed by atoms with Gasteiger partial charge in [0.25, 0.3) is 0 Å². The van der Waals surface area contributed by atoms with Gasteiger partial charge in [0.05, 0.1) is 53.6 Å². The van der Waals surface area contributed by atoms with Crippen molar-refractivity contribution >= 4 is 35.8 Å². The molecule has 0 aliphatic heterocycles. The van der Waals surface area contributed by atoms with Crippen LogP contribution in [0.2, 0.25) is 0 Å². The molecule has 0 amide bonds. The first-order valence-electron chi connectivity index (χ1n) is 32.7. The number of carbonyl (C=O) groups is 6. The summed E-state index contributed by atoms with van der Waals surface area (Å²) in [6.07, 6.45) is 37.0. The van der Waals surface area contributed by atoms with Gasteiger partial charge >= 0.3 is 35.8 Å². The predicted octanol–water partition coefficient (Wildman–Crippen LogP) is 13.1. The van der Waals surface area contributed by atoms with Gasteiger partial charge in [0.15, 0.2) is 13.1 Å². The zero-order valence-corrected chi connectivity index (χ0v) is 53.4. The molecule has 16 nitrogen and oxygen atoms in total. The molecule has 478 valence electrons. The molecule has 0 bridgehead atoms. The van der Waals surface area contributed by atoms with Crippen LogP contribution in [0.4, 0.5) is 0 Å². The standard InChI is InChI=1S/C66H122N2O14/c1-9-13-33-45-59(81-65(75)55-67(5,6)49-53-79-61(71)41-11-3)57(69)43-35-27-21-15-17-23-29-37-47-63(73)77-51-39-31-25-19-20-26-32-40-52-78-64(74)48-38-30-24-18-16-22-28-36-44-58(70)60(46-34-14-10-2)82-66(76)56-68(7,8)50-54-80-62(72)42-12-4/h27-28,35-36,57-60,69-70H,9-26,29-34,37-56H2,1-8H3/q+2. The number of likely N-dealkylation sites (N-methyl/N-ethyl adjacent to an activating group) is 2. The lowest BCUT2D eigenvalue weighted by Crippen LogP contribution is -2.48. The zero-order chi connectivity index (χ0) is 61.0.